The summed E-state index contributed by atoms with van der Waals surface area (Å²) in [7, 11) is 1.31. The summed E-state index contributed by atoms with van der Waals surface area (Å²) < 4.78 is 4.72. The summed E-state index contributed by atoms with van der Waals surface area (Å²) in [4.78, 5) is 32.9. The number of rotatable bonds is 4. The molecule has 4 rings (SSSR count). The number of carbonyl (C=O) groups excluding carboxylic acids is 2. The van der Waals surface area contributed by atoms with E-state index < -0.39 is 5.97 Å². The van der Waals surface area contributed by atoms with Gasteiger partial charge in [-0.25, -0.2) is 4.79 Å². The van der Waals surface area contributed by atoms with E-state index in [1.54, 1.807) is 23.1 Å². The first-order valence-electron chi connectivity index (χ1n) is 8.55. The van der Waals surface area contributed by atoms with Crippen LogP contribution in [0.2, 0.25) is 0 Å². The minimum atomic E-state index is -0.469. The van der Waals surface area contributed by atoms with Gasteiger partial charge < -0.3 is 14.5 Å². The van der Waals surface area contributed by atoms with Crippen molar-refractivity contribution < 1.29 is 19.2 Å². The summed E-state index contributed by atoms with van der Waals surface area (Å²) in [5.74, 6) is -0.636. The molecule has 1 atom stereocenters. The van der Waals surface area contributed by atoms with Gasteiger partial charge in [-0.05, 0) is 48.4 Å². The summed E-state index contributed by atoms with van der Waals surface area (Å²) >= 11 is 0. The van der Waals surface area contributed by atoms with E-state index >= 15 is 0 Å². The minimum absolute atomic E-state index is 0.0666. The lowest BCUT2D eigenvalue weighted by Gasteiger charge is -2.22. The van der Waals surface area contributed by atoms with E-state index in [-0.39, 0.29) is 18.6 Å². The number of hydrogen-bond acceptors (Lipinski definition) is 6. The molecule has 1 aromatic heterocycles. The first kappa shape index (κ1) is 17.0. The number of amides is 1. The second-order valence-electron chi connectivity index (χ2n) is 6.38. The van der Waals surface area contributed by atoms with E-state index in [4.69, 9.17) is 9.57 Å². The zero-order chi connectivity index (χ0) is 19.0. The predicted octanol–water partition coefficient (Wildman–Crippen LogP) is 1.62. The lowest BCUT2D eigenvalue weighted by atomic mass is 10.1. The van der Waals surface area contributed by atoms with Crippen LogP contribution in [-0.2, 0) is 16.0 Å². The molecule has 0 bridgehead atoms. The molecular weight excluding hydrogens is 348 g/mol. The van der Waals surface area contributed by atoms with Gasteiger partial charge in [0.05, 0.1) is 12.7 Å². The number of benzene rings is 2. The number of fused-ring (bicyclic) bond motifs is 2. The van der Waals surface area contributed by atoms with Gasteiger partial charge in [0.1, 0.15) is 11.0 Å². The Hall–Kier alpha value is -3.42. The summed E-state index contributed by atoms with van der Waals surface area (Å²) in [5, 5.41) is 7.89. The molecule has 0 unspecified atom stereocenters. The first-order chi connectivity index (χ1) is 13.1. The Morgan fingerprint density at radius 1 is 1.22 bits per heavy atom. The minimum Gasteiger partial charge on any atom is -0.465 e. The number of esters is 1. The van der Waals surface area contributed by atoms with Gasteiger partial charge in [0.15, 0.2) is 6.61 Å². The van der Waals surface area contributed by atoms with E-state index in [9.17, 15) is 9.59 Å². The highest BCUT2D eigenvalue weighted by atomic mass is 16.7. The number of nitrogens with zero attached hydrogens (tertiary/aromatic N) is 4. The molecule has 2 heterocycles. The second kappa shape index (κ2) is 6.71. The number of methoxy groups -OCH3 is 1. The molecule has 0 saturated carbocycles. The van der Waals surface area contributed by atoms with Crippen molar-refractivity contribution in [2.75, 3.05) is 18.6 Å². The van der Waals surface area contributed by atoms with Crippen LogP contribution in [0, 0.1) is 0 Å². The highest BCUT2D eigenvalue weighted by Crippen LogP contribution is 2.31. The van der Waals surface area contributed by atoms with Gasteiger partial charge in [0, 0.05) is 11.7 Å². The summed E-state index contributed by atoms with van der Waals surface area (Å²) in [6.45, 7) is 1.81. The number of para-hydroxylation sites is 1. The zero-order valence-electron chi connectivity index (χ0n) is 15.0. The van der Waals surface area contributed by atoms with Crippen molar-refractivity contribution in [3.8, 4) is 0 Å². The van der Waals surface area contributed by atoms with Gasteiger partial charge >= 0.3 is 5.97 Å². The van der Waals surface area contributed by atoms with Gasteiger partial charge in [-0.3, -0.25) is 4.79 Å². The van der Waals surface area contributed by atoms with E-state index in [0.717, 1.165) is 22.5 Å². The molecule has 8 nitrogen and oxygen atoms in total. The van der Waals surface area contributed by atoms with Crippen molar-refractivity contribution in [2.24, 2.45) is 0 Å². The topological polar surface area (TPSA) is 86.5 Å². The summed E-state index contributed by atoms with van der Waals surface area (Å²) in [6.07, 6.45) is 0.816. The van der Waals surface area contributed by atoms with E-state index in [1.807, 2.05) is 31.2 Å². The quantitative estimate of drug-likeness (QED) is 0.652. The number of aromatic nitrogens is 3. The summed E-state index contributed by atoms with van der Waals surface area (Å²) in [6, 6.07) is 12.7. The number of hydrogen-bond donors (Lipinski definition) is 0. The van der Waals surface area contributed by atoms with Crippen molar-refractivity contribution in [1.29, 1.82) is 0 Å². The molecule has 0 radical (unpaired) electrons. The molecule has 1 aliphatic heterocycles. The van der Waals surface area contributed by atoms with Gasteiger partial charge in [-0.1, -0.05) is 23.0 Å². The van der Waals surface area contributed by atoms with E-state index in [2.05, 4.69) is 10.3 Å². The monoisotopic (exact) mass is 366 g/mol. The fourth-order valence-corrected chi connectivity index (χ4v) is 3.37. The predicted molar refractivity (Wildman–Crippen MR) is 97.4 cm³/mol. The van der Waals surface area contributed by atoms with Crippen LogP contribution in [0.25, 0.3) is 11.0 Å². The molecule has 2 aromatic carbocycles. The molecule has 8 heteroatoms. The van der Waals surface area contributed by atoms with Gasteiger partial charge in [-0.15, -0.1) is 5.10 Å². The van der Waals surface area contributed by atoms with Crippen molar-refractivity contribution >= 4 is 28.6 Å². The molecule has 0 saturated heterocycles. The molecule has 27 heavy (non-hydrogen) atoms. The van der Waals surface area contributed by atoms with Crippen molar-refractivity contribution in [2.45, 2.75) is 19.4 Å². The average Bonchev–Trinajstić information content (AvgIpc) is 3.24. The number of carbonyl (C=O) groups is 2. The third-order valence-electron chi connectivity index (χ3n) is 4.62. The van der Waals surface area contributed by atoms with Crippen LogP contribution in [0.15, 0.2) is 42.5 Å². The molecule has 0 spiro atoms. The highest BCUT2D eigenvalue weighted by molar-refractivity contribution is 5.97. The Labute approximate surface area is 155 Å². The maximum Gasteiger partial charge on any atom is 0.337 e. The van der Waals surface area contributed by atoms with Crippen LogP contribution in [0.4, 0.5) is 5.69 Å². The third kappa shape index (κ3) is 2.99. The van der Waals surface area contributed by atoms with Gasteiger partial charge in [0.2, 0.25) is 0 Å². The Kier molecular flexibility index (Phi) is 4.23. The number of anilines is 1. The van der Waals surface area contributed by atoms with Crippen LogP contribution in [0.5, 0.6) is 0 Å². The zero-order valence-corrected chi connectivity index (χ0v) is 15.0. The molecule has 0 fully saturated rings. The van der Waals surface area contributed by atoms with E-state index in [0.29, 0.717) is 16.6 Å². The third-order valence-corrected chi connectivity index (χ3v) is 4.62. The molecule has 3 aromatic rings. The Balaban J connectivity index is 1.53. The standard InChI is InChI=1S/C19H18N4O4/c1-12-9-13-5-3-4-6-16(13)22(12)18(24)11-27-23-17-10-14(19(25)26-2)7-8-15(17)20-21-23/h3-8,10,12H,9,11H2,1-2H3/t12-/m1/s1. The first-order valence-corrected chi connectivity index (χ1v) is 8.55. The van der Waals surface area contributed by atoms with Crippen LogP contribution in [-0.4, -0.2) is 46.8 Å². The fourth-order valence-electron chi connectivity index (χ4n) is 3.37. The van der Waals surface area contributed by atoms with Crippen LogP contribution in [0.3, 0.4) is 0 Å². The molecule has 0 aliphatic carbocycles. The Bertz CT molecular complexity index is 1030. The molecule has 1 aliphatic rings. The van der Waals surface area contributed by atoms with Gasteiger partial charge in [-0.2, -0.15) is 0 Å². The molecule has 138 valence electrons. The van der Waals surface area contributed by atoms with Crippen LogP contribution >= 0.6 is 0 Å². The smallest absolute Gasteiger partial charge is 0.337 e. The Morgan fingerprint density at radius 2 is 2.04 bits per heavy atom. The highest BCUT2D eigenvalue weighted by Gasteiger charge is 2.30. The maximum absolute atomic E-state index is 12.7. The Morgan fingerprint density at radius 3 is 2.85 bits per heavy atom. The second-order valence-corrected chi connectivity index (χ2v) is 6.38. The fraction of sp³-hybridized carbons (Fsp3) is 0.263. The van der Waals surface area contributed by atoms with Crippen molar-refractivity contribution in [3.63, 3.8) is 0 Å². The lowest BCUT2D eigenvalue weighted by molar-refractivity contribution is -0.124. The SMILES string of the molecule is COC(=O)c1ccc2nnn(OCC(=O)N3c4ccccc4C[C@H]3C)c2c1. The van der Waals surface area contributed by atoms with Crippen molar-refractivity contribution in [1.82, 2.24) is 15.2 Å². The van der Waals surface area contributed by atoms with Crippen LogP contribution in [0.1, 0.15) is 22.8 Å². The molecule has 0 N–H and O–H groups in total. The average molecular weight is 366 g/mol. The largest absolute Gasteiger partial charge is 0.465 e. The van der Waals surface area contributed by atoms with Crippen LogP contribution < -0.4 is 9.74 Å². The lowest BCUT2D eigenvalue weighted by Crippen LogP contribution is -2.40. The number of ether oxygens (including phenoxy) is 1. The maximum atomic E-state index is 12.7. The normalized spacial score (nSPS) is 15.6. The molecule has 1 amide bonds. The van der Waals surface area contributed by atoms with Gasteiger partial charge in [0.25, 0.3) is 5.91 Å². The van der Waals surface area contributed by atoms with Crippen molar-refractivity contribution in [3.05, 3.63) is 53.6 Å². The summed E-state index contributed by atoms with van der Waals surface area (Å²) in [5.41, 5.74) is 3.45. The molecular formula is C19H18N4O4. The van der Waals surface area contributed by atoms with E-state index in [1.165, 1.54) is 7.11 Å².